The van der Waals surface area contributed by atoms with Crippen molar-refractivity contribution >= 4 is 11.9 Å². The molecule has 1 atom stereocenters. The molecule has 1 amide bonds. The van der Waals surface area contributed by atoms with Crippen LogP contribution >= 0.6 is 0 Å². The number of amides is 1. The van der Waals surface area contributed by atoms with Crippen LogP contribution in [0.1, 0.15) is 48.1 Å². The molecule has 1 fully saturated rings. The van der Waals surface area contributed by atoms with Gasteiger partial charge in [-0.1, -0.05) is 13.8 Å². The fourth-order valence-corrected chi connectivity index (χ4v) is 2.29. The molecule has 0 aromatic carbocycles. The van der Waals surface area contributed by atoms with Gasteiger partial charge in [0.15, 0.2) is 0 Å². The Balaban J connectivity index is 2.19. The molecule has 2 rings (SSSR count). The Morgan fingerprint density at radius 1 is 1.50 bits per heavy atom. The average Bonchev–Trinajstić information content (AvgIpc) is 2.93. The summed E-state index contributed by atoms with van der Waals surface area (Å²) >= 11 is 0. The van der Waals surface area contributed by atoms with Crippen molar-refractivity contribution < 1.29 is 23.5 Å². The number of alkyl halides is 1. The standard InChI is InChI=1S/C14H18FNO4/c1-8(2)11-6-10(9(3)20-11)12(17)16-5-4-14(15,7-16)13(18)19/h6,8H,4-5,7H2,1-3H3,(H,18,19). The Kier molecular flexibility index (Phi) is 3.58. The number of aryl methyl sites for hydroxylation is 1. The van der Waals surface area contributed by atoms with Gasteiger partial charge < -0.3 is 14.4 Å². The number of furan rings is 1. The fraction of sp³-hybridized carbons (Fsp3) is 0.571. The van der Waals surface area contributed by atoms with Gasteiger partial charge in [-0.15, -0.1) is 0 Å². The van der Waals surface area contributed by atoms with Gasteiger partial charge in [0.1, 0.15) is 11.5 Å². The van der Waals surface area contributed by atoms with Crippen LogP contribution in [0.3, 0.4) is 0 Å². The summed E-state index contributed by atoms with van der Waals surface area (Å²) in [7, 11) is 0. The molecule has 0 saturated carbocycles. The Morgan fingerprint density at radius 2 is 2.15 bits per heavy atom. The number of carboxylic acid groups (broad SMARTS) is 1. The van der Waals surface area contributed by atoms with Crippen LogP contribution in [0, 0.1) is 6.92 Å². The maximum absolute atomic E-state index is 14.0. The molecule has 1 N–H and O–H groups in total. The molecular formula is C14H18FNO4. The highest BCUT2D eigenvalue weighted by molar-refractivity contribution is 5.96. The third-order valence-electron chi connectivity index (χ3n) is 3.63. The summed E-state index contributed by atoms with van der Waals surface area (Å²) in [4.78, 5) is 24.4. The highest BCUT2D eigenvalue weighted by atomic mass is 19.1. The molecule has 110 valence electrons. The lowest BCUT2D eigenvalue weighted by Crippen LogP contribution is -2.38. The number of hydrogen-bond donors (Lipinski definition) is 1. The van der Waals surface area contributed by atoms with E-state index in [1.807, 2.05) is 13.8 Å². The van der Waals surface area contributed by atoms with E-state index in [-0.39, 0.29) is 24.8 Å². The van der Waals surface area contributed by atoms with Crippen molar-refractivity contribution in [1.82, 2.24) is 4.90 Å². The van der Waals surface area contributed by atoms with Crippen LogP contribution in [0.4, 0.5) is 4.39 Å². The van der Waals surface area contributed by atoms with Gasteiger partial charge in [-0.3, -0.25) is 4.79 Å². The topological polar surface area (TPSA) is 70.8 Å². The minimum Gasteiger partial charge on any atom is -0.479 e. The van der Waals surface area contributed by atoms with Gasteiger partial charge in [0.2, 0.25) is 5.67 Å². The zero-order valence-electron chi connectivity index (χ0n) is 11.8. The van der Waals surface area contributed by atoms with Crippen molar-refractivity contribution in [1.29, 1.82) is 0 Å². The number of hydrogen-bond acceptors (Lipinski definition) is 3. The first-order valence-corrected chi connectivity index (χ1v) is 6.56. The van der Waals surface area contributed by atoms with Gasteiger partial charge in [0.25, 0.3) is 5.91 Å². The number of likely N-dealkylation sites (tertiary alicyclic amines) is 1. The molecule has 1 saturated heterocycles. The molecular weight excluding hydrogens is 265 g/mol. The number of halogens is 1. The van der Waals surface area contributed by atoms with Crippen molar-refractivity contribution in [2.45, 2.75) is 38.8 Å². The first-order valence-electron chi connectivity index (χ1n) is 6.56. The minimum absolute atomic E-state index is 0.100. The van der Waals surface area contributed by atoms with Crippen molar-refractivity contribution in [3.63, 3.8) is 0 Å². The van der Waals surface area contributed by atoms with E-state index in [9.17, 15) is 14.0 Å². The van der Waals surface area contributed by atoms with E-state index in [1.54, 1.807) is 13.0 Å². The van der Waals surface area contributed by atoms with Gasteiger partial charge in [0.05, 0.1) is 12.1 Å². The van der Waals surface area contributed by atoms with Gasteiger partial charge in [0, 0.05) is 18.9 Å². The fourth-order valence-electron chi connectivity index (χ4n) is 2.29. The Bertz CT molecular complexity index is 551. The zero-order valence-corrected chi connectivity index (χ0v) is 11.8. The number of nitrogens with zero attached hydrogens (tertiary/aromatic N) is 1. The molecule has 0 aliphatic carbocycles. The van der Waals surface area contributed by atoms with Crippen LogP contribution in [-0.2, 0) is 4.79 Å². The second-order valence-corrected chi connectivity index (χ2v) is 5.52. The van der Waals surface area contributed by atoms with Gasteiger partial charge >= 0.3 is 5.97 Å². The van der Waals surface area contributed by atoms with Gasteiger partial charge in [-0.25, -0.2) is 9.18 Å². The molecule has 0 radical (unpaired) electrons. The summed E-state index contributed by atoms with van der Waals surface area (Å²) in [6.07, 6.45) is -0.179. The van der Waals surface area contributed by atoms with Crippen LogP contribution in [0.2, 0.25) is 0 Å². The third-order valence-corrected chi connectivity index (χ3v) is 3.63. The molecule has 2 heterocycles. The number of rotatable bonds is 3. The second-order valence-electron chi connectivity index (χ2n) is 5.52. The maximum Gasteiger partial charge on any atom is 0.343 e. The number of carbonyl (C=O) groups is 2. The number of carboxylic acids is 1. The quantitative estimate of drug-likeness (QED) is 0.924. The summed E-state index contributed by atoms with van der Waals surface area (Å²) in [5.41, 5.74) is -1.96. The van der Waals surface area contributed by atoms with Crippen LogP contribution < -0.4 is 0 Å². The van der Waals surface area contributed by atoms with E-state index in [4.69, 9.17) is 9.52 Å². The molecule has 1 aliphatic rings. The molecule has 0 bridgehead atoms. The summed E-state index contributed by atoms with van der Waals surface area (Å²) in [5.74, 6) is -0.577. The first-order chi connectivity index (χ1) is 9.24. The molecule has 5 nitrogen and oxygen atoms in total. The van der Waals surface area contributed by atoms with Crippen molar-refractivity contribution in [3.05, 3.63) is 23.2 Å². The van der Waals surface area contributed by atoms with Crippen molar-refractivity contribution in [2.75, 3.05) is 13.1 Å². The van der Waals surface area contributed by atoms with Gasteiger partial charge in [-0.2, -0.15) is 0 Å². The summed E-state index contributed by atoms with van der Waals surface area (Å²) in [6.45, 7) is 5.25. The number of aliphatic carboxylic acids is 1. The summed E-state index contributed by atoms with van der Waals surface area (Å²) < 4.78 is 19.5. The molecule has 1 unspecified atom stereocenters. The van der Waals surface area contributed by atoms with E-state index >= 15 is 0 Å². The molecule has 1 aliphatic heterocycles. The molecule has 20 heavy (non-hydrogen) atoms. The SMILES string of the molecule is Cc1oc(C(C)C)cc1C(=O)N1CCC(F)(C(=O)O)C1. The minimum atomic E-state index is -2.34. The predicted octanol–water partition coefficient (Wildman–Crippen LogP) is 2.35. The maximum atomic E-state index is 14.0. The molecule has 1 aromatic heterocycles. The van der Waals surface area contributed by atoms with Crippen molar-refractivity contribution in [3.8, 4) is 0 Å². The average molecular weight is 283 g/mol. The van der Waals surface area contributed by atoms with Crippen LogP contribution in [0.25, 0.3) is 0 Å². The van der Waals surface area contributed by atoms with E-state index in [0.29, 0.717) is 17.1 Å². The second kappa shape index (κ2) is 4.92. The van der Waals surface area contributed by atoms with E-state index in [0.717, 1.165) is 0 Å². The highest BCUT2D eigenvalue weighted by Gasteiger charge is 2.47. The lowest BCUT2D eigenvalue weighted by molar-refractivity contribution is -0.149. The molecule has 6 heteroatoms. The van der Waals surface area contributed by atoms with Crippen molar-refractivity contribution in [2.24, 2.45) is 0 Å². The third kappa shape index (κ3) is 2.42. The lowest BCUT2D eigenvalue weighted by atomic mass is 10.1. The smallest absolute Gasteiger partial charge is 0.343 e. The summed E-state index contributed by atoms with van der Waals surface area (Å²) in [5, 5.41) is 8.84. The monoisotopic (exact) mass is 283 g/mol. The predicted molar refractivity (Wildman–Crippen MR) is 69.5 cm³/mol. The highest BCUT2D eigenvalue weighted by Crippen LogP contribution is 2.29. The normalized spacial score (nSPS) is 22.6. The van der Waals surface area contributed by atoms with Gasteiger partial charge in [-0.05, 0) is 13.0 Å². The molecule has 1 aromatic rings. The largest absolute Gasteiger partial charge is 0.479 e. The van der Waals surface area contributed by atoms with Crippen LogP contribution in [0.15, 0.2) is 10.5 Å². The van der Waals surface area contributed by atoms with E-state index in [1.165, 1.54) is 4.90 Å². The van der Waals surface area contributed by atoms with Crippen LogP contribution in [0.5, 0.6) is 0 Å². The van der Waals surface area contributed by atoms with Crippen LogP contribution in [-0.4, -0.2) is 40.6 Å². The van der Waals surface area contributed by atoms with E-state index < -0.39 is 18.2 Å². The molecule has 0 spiro atoms. The van der Waals surface area contributed by atoms with E-state index in [2.05, 4.69) is 0 Å². The Hall–Kier alpha value is -1.85. The Morgan fingerprint density at radius 3 is 2.60 bits per heavy atom. The Labute approximate surface area is 116 Å². The zero-order chi connectivity index (χ0) is 15.1. The summed E-state index contributed by atoms with van der Waals surface area (Å²) in [6, 6.07) is 1.65. The lowest BCUT2D eigenvalue weighted by Gasteiger charge is -2.17. The first kappa shape index (κ1) is 14.6. The number of carbonyl (C=O) groups excluding carboxylic acids is 1.